The number of nitrogens with zero attached hydrogens (tertiary/aromatic N) is 2. The molecule has 0 atom stereocenters. The van der Waals surface area contributed by atoms with Crippen LogP contribution in [-0.2, 0) is 25.7 Å². The summed E-state index contributed by atoms with van der Waals surface area (Å²) in [6.45, 7) is 7.41. The summed E-state index contributed by atoms with van der Waals surface area (Å²) in [5.41, 5.74) is 1.91. The smallest absolute Gasteiger partial charge is 0.347 e. The molecule has 32 heavy (non-hydrogen) atoms. The fourth-order valence-electron chi connectivity index (χ4n) is 3.08. The predicted octanol–water partition coefficient (Wildman–Crippen LogP) is 3.53. The van der Waals surface area contributed by atoms with Crippen LogP contribution in [0.1, 0.15) is 38.8 Å². The average Bonchev–Trinajstić information content (AvgIpc) is 3.23. The largest absolute Gasteiger partial charge is 0.454 e. The van der Waals surface area contributed by atoms with Crippen LogP contribution in [0.2, 0.25) is 0 Å². The molecular weight excluding hydrogens is 412 g/mol. The molecule has 0 saturated carbocycles. The molecule has 0 aliphatic carbocycles. The molecular formula is C24H28N2O6. The number of amides is 1. The second-order valence-corrected chi connectivity index (χ2v) is 8.32. The Morgan fingerprint density at radius 2 is 1.75 bits per heavy atom. The lowest BCUT2D eigenvalue weighted by Gasteiger charge is -2.35. The highest BCUT2D eigenvalue weighted by atomic mass is 16.7. The van der Waals surface area contributed by atoms with Crippen molar-refractivity contribution in [1.29, 1.82) is 0 Å². The Balaban J connectivity index is 1.48. The number of oxime groups is 1. The van der Waals surface area contributed by atoms with Gasteiger partial charge in [-0.25, -0.2) is 4.79 Å². The topological polar surface area (TPSA) is 86.7 Å². The van der Waals surface area contributed by atoms with Crippen LogP contribution in [0.5, 0.6) is 11.5 Å². The zero-order valence-corrected chi connectivity index (χ0v) is 18.8. The first kappa shape index (κ1) is 23.1. The molecule has 3 rings (SSSR count). The van der Waals surface area contributed by atoms with Crippen molar-refractivity contribution in [3.8, 4) is 11.5 Å². The number of ether oxygens (including phenoxy) is 3. The van der Waals surface area contributed by atoms with Crippen LogP contribution < -0.4 is 9.47 Å². The number of hydrogen-bond acceptors (Lipinski definition) is 7. The van der Waals surface area contributed by atoms with Gasteiger partial charge in [-0.2, -0.15) is 0 Å². The highest BCUT2D eigenvalue weighted by Gasteiger charge is 2.27. The summed E-state index contributed by atoms with van der Waals surface area (Å²) in [5.74, 6) is 0.352. The fourth-order valence-corrected chi connectivity index (χ4v) is 3.08. The molecule has 1 aliphatic heterocycles. The Hall–Kier alpha value is -3.55. The second kappa shape index (κ2) is 10.2. The van der Waals surface area contributed by atoms with Gasteiger partial charge in [-0.1, -0.05) is 35.5 Å². The standard InChI is InChI=1S/C24H28N2O6/c1-17(19-10-11-20-21(12-19)31-16-30-20)25-32-15-23(28)29-14-22(27)26(24(2,3)4)13-18-8-6-5-7-9-18/h5-12H,13-16H2,1-4H3. The minimum atomic E-state index is -0.672. The van der Waals surface area contributed by atoms with Gasteiger partial charge in [0, 0.05) is 17.6 Å². The van der Waals surface area contributed by atoms with Gasteiger partial charge in [-0.3, -0.25) is 4.79 Å². The van der Waals surface area contributed by atoms with Gasteiger partial charge in [-0.05, 0) is 51.5 Å². The quantitative estimate of drug-likeness (QED) is 0.355. The number of esters is 1. The molecule has 1 heterocycles. The second-order valence-electron chi connectivity index (χ2n) is 8.32. The predicted molar refractivity (Wildman–Crippen MR) is 118 cm³/mol. The molecule has 170 valence electrons. The molecule has 2 aromatic rings. The van der Waals surface area contributed by atoms with Crippen LogP contribution in [0.15, 0.2) is 53.7 Å². The maximum Gasteiger partial charge on any atom is 0.347 e. The van der Waals surface area contributed by atoms with E-state index in [0.717, 1.165) is 11.1 Å². The summed E-state index contributed by atoms with van der Waals surface area (Å²) in [7, 11) is 0. The zero-order valence-electron chi connectivity index (χ0n) is 18.8. The third-order valence-corrected chi connectivity index (χ3v) is 4.83. The van der Waals surface area contributed by atoms with E-state index < -0.39 is 18.1 Å². The number of carbonyl (C=O) groups is 2. The summed E-state index contributed by atoms with van der Waals surface area (Å²) in [4.78, 5) is 31.5. The molecule has 8 heteroatoms. The van der Waals surface area contributed by atoms with Gasteiger partial charge in [0.1, 0.15) is 0 Å². The highest BCUT2D eigenvalue weighted by Crippen LogP contribution is 2.32. The molecule has 1 amide bonds. The normalized spacial score (nSPS) is 12.9. The monoisotopic (exact) mass is 440 g/mol. The molecule has 8 nitrogen and oxygen atoms in total. The Labute approximate surface area is 187 Å². The first-order valence-electron chi connectivity index (χ1n) is 10.3. The van der Waals surface area contributed by atoms with Crippen LogP contribution in [0.4, 0.5) is 0 Å². The van der Waals surface area contributed by atoms with Crippen molar-refractivity contribution in [1.82, 2.24) is 4.90 Å². The van der Waals surface area contributed by atoms with Crippen molar-refractivity contribution in [2.75, 3.05) is 20.0 Å². The van der Waals surface area contributed by atoms with E-state index >= 15 is 0 Å². The maximum atomic E-state index is 12.7. The summed E-state index contributed by atoms with van der Waals surface area (Å²) >= 11 is 0. The Morgan fingerprint density at radius 1 is 1.03 bits per heavy atom. The minimum absolute atomic E-state index is 0.189. The highest BCUT2D eigenvalue weighted by molar-refractivity contribution is 5.99. The van der Waals surface area contributed by atoms with Crippen molar-refractivity contribution in [3.63, 3.8) is 0 Å². The zero-order chi connectivity index (χ0) is 23.1. The molecule has 0 fully saturated rings. The van der Waals surface area contributed by atoms with Crippen molar-refractivity contribution >= 4 is 17.6 Å². The Bertz CT molecular complexity index is 982. The minimum Gasteiger partial charge on any atom is -0.454 e. The van der Waals surface area contributed by atoms with E-state index in [0.29, 0.717) is 23.8 Å². The van der Waals surface area contributed by atoms with E-state index in [1.807, 2.05) is 57.2 Å². The van der Waals surface area contributed by atoms with E-state index in [4.69, 9.17) is 19.0 Å². The number of fused-ring (bicyclic) bond motifs is 1. The lowest BCUT2D eigenvalue weighted by molar-refractivity contribution is -0.157. The van der Waals surface area contributed by atoms with Crippen molar-refractivity contribution < 1.29 is 28.6 Å². The molecule has 0 aromatic heterocycles. The van der Waals surface area contributed by atoms with E-state index in [1.54, 1.807) is 24.0 Å². The molecule has 1 aliphatic rings. The van der Waals surface area contributed by atoms with Crippen LogP contribution >= 0.6 is 0 Å². The van der Waals surface area contributed by atoms with Gasteiger partial charge in [0.25, 0.3) is 5.91 Å². The first-order chi connectivity index (χ1) is 15.2. The lowest BCUT2D eigenvalue weighted by atomic mass is 10.0. The van der Waals surface area contributed by atoms with Crippen LogP contribution in [0.3, 0.4) is 0 Å². The fraction of sp³-hybridized carbons (Fsp3) is 0.375. The molecule has 0 bridgehead atoms. The average molecular weight is 440 g/mol. The Morgan fingerprint density at radius 3 is 2.47 bits per heavy atom. The molecule has 0 saturated heterocycles. The van der Waals surface area contributed by atoms with Gasteiger partial charge in [-0.15, -0.1) is 0 Å². The van der Waals surface area contributed by atoms with Crippen molar-refractivity contribution in [3.05, 3.63) is 59.7 Å². The summed E-state index contributed by atoms with van der Waals surface area (Å²) in [5, 5.41) is 3.94. The number of benzene rings is 2. The van der Waals surface area contributed by atoms with Crippen molar-refractivity contribution in [2.45, 2.75) is 39.8 Å². The van der Waals surface area contributed by atoms with Crippen LogP contribution in [0, 0.1) is 0 Å². The lowest BCUT2D eigenvalue weighted by Crippen LogP contribution is -2.47. The molecule has 0 radical (unpaired) electrons. The van der Waals surface area contributed by atoms with Crippen LogP contribution in [-0.4, -0.2) is 48.0 Å². The SMILES string of the molecule is CC(=NOCC(=O)OCC(=O)N(Cc1ccccc1)C(C)(C)C)c1ccc2c(c1)OCO2. The summed E-state index contributed by atoms with van der Waals surface area (Å²) < 4.78 is 15.7. The Kier molecular flexibility index (Phi) is 7.35. The van der Waals surface area contributed by atoms with E-state index in [1.165, 1.54) is 0 Å². The molecule has 2 aromatic carbocycles. The number of rotatable bonds is 8. The molecule has 0 unspecified atom stereocenters. The summed E-state index contributed by atoms with van der Waals surface area (Å²) in [6.07, 6.45) is 0. The maximum absolute atomic E-state index is 12.7. The van der Waals surface area contributed by atoms with E-state index in [9.17, 15) is 9.59 Å². The van der Waals surface area contributed by atoms with Gasteiger partial charge in [0.05, 0.1) is 5.71 Å². The van der Waals surface area contributed by atoms with Crippen molar-refractivity contribution in [2.24, 2.45) is 5.16 Å². The number of carbonyl (C=O) groups excluding carboxylic acids is 2. The third kappa shape index (κ3) is 6.23. The number of hydrogen-bond donors (Lipinski definition) is 0. The van der Waals surface area contributed by atoms with E-state index in [-0.39, 0.29) is 19.3 Å². The third-order valence-electron chi connectivity index (χ3n) is 4.83. The van der Waals surface area contributed by atoms with Crippen LogP contribution in [0.25, 0.3) is 0 Å². The van der Waals surface area contributed by atoms with Gasteiger partial charge in [0.15, 0.2) is 18.1 Å². The first-order valence-corrected chi connectivity index (χ1v) is 10.3. The van der Waals surface area contributed by atoms with Gasteiger partial charge >= 0.3 is 5.97 Å². The summed E-state index contributed by atoms with van der Waals surface area (Å²) in [6, 6.07) is 15.1. The molecule has 0 spiro atoms. The van der Waals surface area contributed by atoms with Gasteiger partial charge < -0.3 is 23.9 Å². The molecule has 0 N–H and O–H groups in total. The van der Waals surface area contributed by atoms with E-state index in [2.05, 4.69) is 5.16 Å². The van der Waals surface area contributed by atoms with Gasteiger partial charge in [0.2, 0.25) is 13.4 Å².